The smallest absolute Gasteiger partial charge is 0.306 e. The Balaban J connectivity index is 4.29. The number of ether oxygens (including phenoxy) is 2. The summed E-state index contributed by atoms with van der Waals surface area (Å²) in [5, 5.41) is 0. The largest absolute Gasteiger partial charge is 0.756 e. The van der Waals surface area contributed by atoms with Crippen molar-refractivity contribution in [1.82, 2.24) is 0 Å². The molecule has 56 heavy (non-hydrogen) atoms. The molecule has 0 aliphatic rings. The van der Waals surface area contributed by atoms with Gasteiger partial charge in [0.15, 0.2) is 0 Å². The molecule has 8 nitrogen and oxygen atoms in total. The monoisotopic (exact) mass is 808 g/mol. The molecule has 0 saturated carbocycles. The standard InChI is InChI=1S/C47H86NO7P/c1-6-8-10-12-14-16-18-20-22-24-26-28-30-32-34-36-38-40-47(49)55-46(45-54-56(50,51)53-43-41-48(3,4)5)44-52-42-39-37-35-33-31-29-27-25-23-21-19-17-15-13-11-9-7-2/h8,10,14,16,20,22-23,25-26,28,46H,6-7,9,11-13,15,17-19,21,24,27,29-45H2,1-5H3/b10-8-,16-14-,22-20-,25-23-,28-26-. The average molecular weight is 808 g/mol. The summed E-state index contributed by atoms with van der Waals surface area (Å²) in [6, 6.07) is 0. The first kappa shape index (κ1) is 54.2. The van der Waals surface area contributed by atoms with Crippen LogP contribution in [-0.2, 0) is 27.9 Å². The lowest BCUT2D eigenvalue weighted by molar-refractivity contribution is -0.870. The third-order valence-electron chi connectivity index (χ3n) is 9.30. The maximum atomic E-state index is 12.7. The second-order valence-corrected chi connectivity index (χ2v) is 17.4. The summed E-state index contributed by atoms with van der Waals surface area (Å²) >= 11 is 0. The minimum absolute atomic E-state index is 0.0174. The molecule has 0 aromatic carbocycles. The number of rotatable bonds is 41. The first-order valence-corrected chi connectivity index (χ1v) is 24.0. The molecule has 0 aliphatic heterocycles. The molecule has 0 heterocycles. The zero-order valence-corrected chi connectivity index (χ0v) is 37.7. The van der Waals surface area contributed by atoms with Gasteiger partial charge in [-0.05, 0) is 77.0 Å². The molecular weight excluding hydrogens is 721 g/mol. The van der Waals surface area contributed by atoms with Gasteiger partial charge in [-0.1, -0.05) is 152 Å². The zero-order valence-electron chi connectivity index (χ0n) is 36.8. The van der Waals surface area contributed by atoms with Crippen LogP contribution in [0.4, 0.5) is 0 Å². The van der Waals surface area contributed by atoms with Crippen LogP contribution < -0.4 is 4.89 Å². The first-order chi connectivity index (χ1) is 27.1. The van der Waals surface area contributed by atoms with Crippen molar-refractivity contribution in [2.24, 2.45) is 0 Å². The van der Waals surface area contributed by atoms with E-state index in [-0.39, 0.29) is 32.2 Å². The molecule has 0 rings (SSSR count). The first-order valence-electron chi connectivity index (χ1n) is 22.5. The quantitative estimate of drug-likeness (QED) is 0.0200. The molecule has 0 spiro atoms. The number of nitrogens with zero attached hydrogens (tertiary/aromatic N) is 1. The van der Waals surface area contributed by atoms with Crippen LogP contribution in [0.5, 0.6) is 0 Å². The Hall–Kier alpha value is -1.80. The number of phosphoric ester groups is 1. The molecule has 9 heteroatoms. The van der Waals surface area contributed by atoms with E-state index in [0.717, 1.165) is 70.6 Å². The van der Waals surface area contributed by atoms with Crippen LogP contribution in [0.3, 0.4) is 0 Å². The number of phosphoric acid groups is 1. The van der Waals surface area contributed by atoms with Gasteiger partial charge in [0, 0.05) is 13.0 Å². The summed E-state index contributed by atoms with van der Waals surface area (Å²) in [6.07, 6.45) is 49.5. The summed E-state index contributed by atoms with van der Waals surface area (Å²) in [5.74, 6) is -0.361. The van der Waals surface area contributed by atoms with Crippen LogP contribution in [0, 0.1) is 0 Å². The Morgan fingerprint density at radius 2 is 1.04 bits per heavy atom. The Morgan fingerprint density at radius 3 is 1.57 bits per heavy atom. The van der Waals surface area contributed by atoms with Gasteiger partial charge >= 0.3 is 5.97 Å². The molecule has 0 fully saturated rings. The van der Waals surface area contributed by atoms with Crippen LogP contribution in [0.15, 0.2) is 60.8 Å². The van der Waals surface area contributed by atoms with E-state index in [0.29, 0.717) is 17.6 Å². The Labute approximate surface area is 345 Å². The summed E-state index contributed by atoms with van der Waals surface area (Å²) < 4.78 is 34.6. The molecule has 0 amide bonds. The molecule has 2 unspecified atom stereocenters. The highest BCUT2D eigenvalue weighted by Crippen LogP contribution is 2.38. The van der Waals surface area contributed by atoms with E-state index in [1.54, 1.807) is 0 Å². The summed E-state index contributed by atoms with van der Waals surface area (Å²) in [7, 11) is 1.33. The van der Waals surface area contributed by atoms with Gasteiger partial charge in [0.05, 0.1) is 34.4 Å². The molecule has 0 bridgehead atoms. The lowest BCUT2D eigenvalue weighted by atomic mass is 10.1. The van der Waals surface area contributed by atoms with Gasteiger partial charge in [0.1, 0.15) is 19.3 Å². The maximum Gasteiger partial charge on any atom is 0.306 e. The van der Waals surface area contributed by atoms with E-state index >= 15 is 0 Å². The molecule has 2 atom stereocenters. The van der Waals surface area contributed by atoms with Crippen molar-refractivity contribution in [3.63, 3.8) is 0 Å². The van der Waals surface area contributed by atoms with Crippen LogP contribution in [0.1, 0.15) is 174 Å². The highest BCUT2D eigenvalue weighted by atomic mass is 31.2. The molecule has 0 radical (unpaired) electrons. The van der Waals surface area contributed by atoms with Gasteiger partial charge < -0.3 is 27.9 Å². The lowest BCUT2D eigenvalue weighted by Gasteiger charge is -2.28. The number of carbonyl (C=O) groups excluding carboxylic acids is 1. The van der Waals surface area contributed by atoms with Gasteiger partial charge in [-0.15, -0.1) is 0 Å². The van der Waals surface area contributed by atoms with Crippen LogP contribution in [0.2, 0.25) is 0 Å². The van der Waals surface area contributed by atoms with Gasteiger partial charge in [0.25, 0.3) is 7.82 Å². The highest BCUT2D eigenvalue weighted by molar-refractivity contribution is 7.45. The molecule has 0 aromatic rings. The van der Waals surface area contributed by atoms with Crippen LogP contribution >= 0.6 is 7.82 Å². The molecule has 0 saturated heterocycles. The molecular formula is C47H86NO7P. The number of likely N-dealkylation sites (N-methyl/N-ethyl adjacent to an activating group) is 1. The van der Waals surface area contributed by atoms with Crippen molar-refractivity contribution in [1.29, 1.82) is 0 Å². The number of hydrogen-bond donors (Lipinski definition) is 0. The number of hydrogen-bond acceptors (Lipinski definition) is 7. The van der Waals surface area contributed by atoms with E-state index in [1.165, 1.54) is 83.5 Å². The fraction of sp³-hybridized carbons (Fsp3) is 0.766. The maximum absolute atomic E-state index is 12.7. The third-order valence-corrected chi connectivity index (χ3v) is 10.3. The third kappa shape index (κ3) is 43.3. The van der Waals surface area contributed by atoms with Crippen LogP contribution in [0.25, 0.3) is 0 Å². The molecule has 0 N–H and O–H groups in total. The normalized spacial score (nSPS) is 14.3. The van der Waals surface area contributed by atoms with Crippen molar-refractivity contribution in [3.8, 4) is 0 Å². The Kier molecular flexibility index (Phi) is 38.7. The van der Waals surface area contributed by atoms with Gasteiger partial charge in [-0.3, -0.25) is 9.36 Å². The summed E-state index contributed by atoms with van der Waals surface area (Å²) in [5.41, 5.74) is 0. The van der Waals surface area contributed by atoms with E-state index in [1.807, 2.05) is 21.1 Å². The second kappa shape index (κ2) is 40.0. The average Bonchev–Trinajstić information content (AvgIpc) is 3.15. The van der Waals surface area contributed by atoms with E-state index in [9.17, 15) is 14.3 Å². The fourth-order valence-electron chi connectivity index (χ4n) is 5.82. The van der Waals surface area contributed by atoms with E-state index in [4.69, 9.17) is 18.5 Å². The number of carbonyl (C=O) groups is 1. The van der Waals surface area contributed by atoms with Gasteiger partial charge in [-0.2, -0.15) is 0 Å². The number of allylic oxidation sites excluding steroid dienone is 10. The molecule has 0 aromatic heterocycles. The Morgan fingerprint density at radius 1 is 0.571 bits per heavy atom. The summed E-state index contributed by atoms with van der Waals surface area (Å²) in [6.45, 7) is 5.24. The van der Waals surface area contributed by atoms with Crippen molar-refractivity contribution in [2.45, 2.75) is 180 Å². The second-order valence-electron chi connectivity index (χ2n) is 16.0. The SMILES string of the molecule is CC/C=C\C/C=C\C/C=C\C/C=C\CCCCCCC(=O)OC(COCCCCCCCC/C=C\CCCCCCCCC)COP(=O)([O-])OCC[N+](C)(C)C. The minimum atomic E-state index is -4.54. The van der Waals surface area contributed by atoms with E-state index < -0.39 is 13.9 Å². The van der Waals surface area contributed by atoms with Gasteiger partial charge in [-0.25, -0.2) is 0 Å². The Bertz CT molecular complexity index is 1080. The summed E-state index contributed by atoms with van der Waals surface area (Å²) in [4.78, 5) is 25.1. The van der Waals surface area contributed by atoms with Gasteiger partial charge in [0.2, 0.25) is 0 Å². The lowest BCUT2D eigenvalue weighted by Crippen LogP contribution is -2.37. The zero-order chi connectivity index (χ0) is 41.3. The fourth-order valence-corrected chi connectivity index (χ4v) is 6.55. The van der Waals surface area contributed by atoms with Crippen molar-refractivity contribution in [3.05, 3.63) is 60.8 Å². The number of unbranched alkanes of at least 4 members (excludes halogenated alkanes) is 17. The number of esters is 1. The topological polar surface area (TPSA) is 94.1 Å². The van der Waals surface area contributed by atoms with E-state index in [2.05, 4.69) is 74.6 Å². The van der Waals surface area contributed by atoms with Crippen molar-refractivity contribution in [2.75, 3.05) is 54.1 Å². The van der Waals surface area contributed by atoms with Crippen molar-refractivity contribution < 1.29 is 37.3 Å². The molecule has 0 aliphatic carbocycles. The van der Waals surface area contributed by atoms with Crippen molar-refractivity contribution >= 4 is 13.8 Å². The predicted molar refractivity (Wildman–Crippen MR) is 236 cm³/mol. The van der Waals surface area contributed by atoms with Crippen LogP contribution in [-0.4, -0.2) is 70.7 Å². The minimum Gasteiger partial charge on any atom is -0.756 e. The molecule has 326 valence electrons. The number of quaternary nitrogens is 1. The highest BCUT2D eigenvalue weighted by Gasteiger charge is 2.20. The predicted octanol–water partition coefficient (Wildman–Crippen LogP) is 12.7.